The molecule has 1 unspecified atom stereocenters. The van der Waals surface area contributed by atoms with Gasteiger partial charge >= 0.3 is 6.03 Å². The van der Waals surface area contributed by atoms with Gasteiger partial charge in [0.1, 0.15) is 5.75 Å². The zero-order valence-electron chi connectivity index (χ0n) is 16.0. The highest BCUT2D eigenvalue weighted by atomic mass is 16.5. The Morgan fingerprint density at radius 1 is 1.36 bits per heavy atom. The molecule has 0 spiro atoms. The lowest BCUT2D eigenvalue weighted by Gasteiger charge is -2.48. The molecule has 25 heavy (non-hydrogen) atoms. The normalized spacial score (nSPS) is 18.0. The summed E-state index contributed by atoms with van der Waals surface area (Å²) in [6, 6.07) is 8.05. The van der Waals surface area contributed by atoms with E-state index in [2.05, 4.69) is 30.1 Å². The molecule has 0 aliphatic carbocycles. The van der Waals surface area contributed by atoms with Crippen LogP contribution in [0.2, 0.25) is 0 Å². The molecule has 2 amide bonds. The number of piperazine rings is 1. The first-order valence-corrected chi connectivity index (χ1v) is 8.93. The minimum Gasteiger partial charge on any atom is -0.497 e. The maximum atomic E-state index is 12.5. The van der Waals surface area contributed by atoms with Gasteiger partial charge in [-0.2, -0.15) is 0 Å². The molecular weight excluding hydrogens is 318 g/mol. The largest absolute Gasteiger partial charge is 0.497 e. The van der Waals surface area contributed by atoms with Crippen molar-refractivity contribution in [3.63, 3.8) is 0 Å². The van der Waals surface area contributed by atoms with Crippen molar-refractivity contribution < 1.29 is 14.3 Å². The summed E-state index contributed by atoms with van der Waals surface area (Å²) in [5, 5.41) is 2.97. The molecule has 0 aromatic heterocycles. The second-order valence-electron chi connectivity index (χ2n) is 7.04. The summed E-state index contributed by atoms with van der Waals surface area (Å²) in [7, 11) is 1.68. The molecule has 6 nitrogen and oxygen atoms in total. The zero-order chi connectivity index (χ0) is 18.4. The monoisotopic (exact) mass is 349 g/mol. The molecule has 1 atom stereocenters. The Hall–Kier alpha value is -1.95. The van der Waals surface area contributed by atoms with Crippen molar-refractivity contribution >= 4 is 11.7 Å². The van der Waals surface area contributed by atoms with Crippen LogP contribution in [0.1, 0.15) is 27.7 Å². The molecule has 0 bridgehead atoms. The van der Waals surface area contributed by atoms with Gasteiger partial charge in [-0.3, -0.25) is 0 Å². The number of amides is 2. The molecule has 1 fully saturated rings. The summed E-state index contributed by atoms with van der Waals surface area (Å²) >= 11 is 0. The molecule has 1 aromatic rings. The van der Waals surface area contributed by atoms with E-state index in [4.69, 9.17) is 9.47 Å². The Kier molecular flexibility index (Phi) is 6.53. The molecule has 1 saturated heterocycles. The highest BCUT2D eigenvalue weighted by Gasteiger charge is 2.35. The standard InChI is InChI=1S/C19H31N3O3/c1-6-25-15(2)13-20-18(23)21-10-11-22(19(3,4)14-21)16-8-7-9-17(12-16)24-5/h7-9,12,15H,6,10-11,13-14H2,1-5H3,(H,20,23). The maximum absolute atomic E-state index is 12.5. The highest BCUT2D eigenvalue weighted by Crippen LogP contribution is 2.30. The molecule has 1 aliphatic rings. The van der Waals surface area contributed by atoms with Crippen molar-refractivity contribution in [1.29, 1.82) is 0 Å². The van der Waals surface area contributed by atoms with E-state index in [0.717, 1.165) is 18.0 Å². The molecular formula is C19H31N3O3. The first-order chi connectivity index (χ1) is 11.9. The lowest BCUT2D eigenvalue weighted by molar-refractivity contribution is 0.0754. The number of benzene rings is 1. The van der Waals surface area contributed by atoms with E-state index in [0.29, 0.717) is 26.2 Å². The van der Waals surface area contributed by atoms with E-state index < -0.39 is 0 Å². The summed E-state index contributed by atoms with van der Waals surface area (Å²) < 4.78 is 10.8. The molecule has 1 heterocycles. The van der Waals surface area contributed by atoms with Crippen molar-refractivity contribution in [3.8, 4) is 5.75 Å². The zero-order valence-corrected chi connectivity index (χ0v) is 16.0. The fourth-order valence-electron chi connectivity index (χ4n) is 3.27. The van der Waals surface area contributed by atoms with Crippen LogP contribution in [0.5, 0.6) is 5.75 Å². The Balaban J connectivity index is 1.98. The molecule has 140 valence electrons. The number of carbonyl (C=O) groups is 1. The van der Waals surface area contributed by atoms with Crippen molar-refractivity contribution in [2.45, 2.75) is 39.3 Å². The maximum Gasteiger partial charge on any atom is 0.317 e. The van der Waals surface area contributed by atoms with Crippen LogP contribution >= 0.6 is 0 Å². The fraction of sp³-hybridized carbons (Fsp3) is 0.632. The van der Waals surface area contributed by atoms with Gasteiger partial charge in [-0.25, -0.2) is 4.79 Å². The van der Waals surface area contributed by atoms with E-state index in [1.54, 1.807) is 7.11 Å². The summed E-state index contributed by atoms with van der Waals surface area (Å²) in [4.78, 5) is 16.7. The quantitative estimate of drug-likeness (QED) is 0.858. The van der Waals surface area contributed by atoms with Gasteiger partial charge in [0.25, 0.3) is 0 Å². The van der Waals surface area contributed by atoms with E-state index in [1.807, 2.05) is 36.9 Å². The second-order valence-corrected chi connectivity index (χ2v) is 7.04. The predicted molar refractivity (Wildman–Crippen MR) is 100 cm³/mol. The number of hydrogen-bond donors (Lipinski definition) is 1. The average Bonchev–Trinajstić information content (AvgIpc) is 2.59. The first kappa shape index (κ1) is 19.4. The van der Waals surface area contributed by atoms with Gasteiger partial charge in [0, 0.05) is 44.5 Å². The number of anilines is 1. The molecule has 1 aliphatic heterocycles. The van der Waals surface area contributed by atoms with Crippen LogP contribution in [0.3, 0.4) is 0 Å². The lowest BCUT2D eigenvalue weighted by atomic mass is 9.98. The number of hydrogen-bond acceptors (Lipinski definition) is 4. The molecule has 0 saturated carbocycles. The number of ether oxygens (including phenoxy) is 2. The predicted octanol–water partition coefficient (Wildman–Crippen LogP) is 2.73. The van der Waals surface area contributed by atoms with Crippen LogP contribution in [-0.2, 0) is 4.74 Å². The topological polar surface area (TPSA) is 54.0 Å². The number of methoxy groups -OCH3 is 1. The average molecular weight is 349 g/mol. The van der Waals surface area contributed by atoms with Gasteiger partial charge in [0.05, 0.1) is 18.8 Å². The van der Waals surface area contributed by atoms with Gasteiger partial charge < -0.3 is 24.6 Å². The minimum absolute atomic E-state index is 0.0232. The van der Waals surface area contributed by atoms with Crippen LogP contribution in [0.15, 0.2) is 24.3 Å². The highest BCUT2D eigenvalue weighted by molar-refractivity contribution is 5.75. The third-order valence-corrected chi connectivity index (χ3v) is 4.55. The summed E-state index contributed by atoms with van der Waals surface area (Å²) in [5.41, 5.74) is 0.961. The van der Waals surface area contributed by atoms with E-state index in [9.17, 15) is 4.79 Å². The van der Waals surface area contributed by atoms with Crippen LogP contribution < -0.4 is 15.0 Å². The van der Waals surface area contributed by atoms with E-state index in [-0.39, 0.29) is 17.7 Å². The van der Waals surface area contributed by atoms with Crippen LogP contribution in [0.25, 0.3) is 0 Å². The van der Waals surface area contributed by atoms with Crippen LogP contribution in [0.4, 0.5) is 10.5 Å². The second kappa shape index (κ2) is 8.43. The minimum atomic E-state index is -0.159. The summed E-state index contributed by atoms with van der Waals surface area (Å²) in [6.07, 6.45) is 0.0278. The molecule has 1 N–H and O–H groups in total. The van der Waals surface area contributed by atoms with E-state index >= 15 is 0 Å². The SMILES string of the molecule is CCOC(C)CNC(=O)N1CCN(c2cccc(OC)c2)C(C)(C)C1. The Morgan fingerprint density at radius 2 is 2.12 bits per heavy atom. The first-order valence-electron chi connectivity index (χ1n) is 8.93. The number of nitrogens with one attached hydrogen (secondary N) is 1. The molecule has 2 rings (SSSR count). The smallest absolute Gasteiger partial charge is 0.317 e. The van der Waals surface area contributed by atoms with Crippen molar-refractivity contribution in [1.82, 2.24) is 10.2 Å². The van der Waals surface area contributed by atoms with Gasteiger partial charge in [-0.1, -0.05) is 6.07 Å². The van der Waals surface area contributed by atoms with Gasteiger partial charge in [-0.15, -0.1) is 0 Å². The summed E-state index contributed by atoms with van der Waals surface area (Å²) in [5.74, 6) is 0.846. The number of nitrogens with zero attached hydrogens (tertiary/aromatic N) is 2. The Bertz CT molecular complexity index is 577. The molecule has 6 heteroatoms. The van der Waals surface area contributed by atoms with Crippen LogP contribution in [0, 0.1) is 0 Å². The third kappa shape index (κ3) is 5.01. The Labute approximate surface area is 151 Å². The van der Waals surface area contributed by atoms with Gasteiger partial charge in [0.2, 0.25) is 0 Å². The van der Waals surface area contributed by atoms with Crippen LogP contribution in [-0.4, -0.2) is 62.5 Å². The van der Waals surface area contributed by atoms with Crippen molar-refractivity contribution in [3.05, 3.63) is 24.3 Å². The van der Waals surface area contributed by atoms with Gasteiger partial charge in [0.15, 0.2) is 0 Å². The number of urea groups is 1. The van der Waals surface area contributed by atoms with Gasteiger partial charge in [-0.05, 0) is 39.8 Å². The van der Waals surface area contributed by atoms with E-state index in [1.165, 1.54) is 0 Å². The lowest BCUT2D eigenvalue weighted by Crippen LogP contribution is -2.62. The molecule has 1 aromatic carbocycles. The van der Waals surface area contributed by atoms with Crippen molar-refractivity contribution in [2.24, 2.45) is 0 Å². The molecule has 0 radical (unpaired) electrons. The Morgan fingerprint density at radius 3 is 2.76 bits per heavy atom. The number of rotatable bonds is 6. The number of carbonyl (C=O) groups excluding carboxylic acids is 1. The third-order valence-electron chi connectivity index (χ3n) is 4.55. The summed E-state index contributed by atoms with van der Waals surface area (Å²) in [6.45, 7) is 11.6. The van der Waals surface area contributed by atoms with Crippen molar-refractivity contribution in [2.75, 3.05) is 44.8 Å². The fourth-order valence-corrected chi connectivity index (χ4v) is 3.27.